The number of hydrogen-bond donors (Lipinski definition) is 1. The smallest absolute Gasteiger partial charge is 0.416 e. The third kappa shape index (κ3) is 2.91. The van der Waals surface area contributed by atoms with Crippen molar-refractivity contribution < 1.29 is 23.1 Å². The maximum absolute atomic E-state index is 12.7. The van der Waals surface area contributed by atoms with Crippen LogP contribution in [0.2, 0.25) is 10.0 Å². The van der Waals surface area contributed by atoms with E-state index in [0.717, 1.165) is 22.8 Å². The predicted octanol–water partition coefficient (Wildman–Crippen LogP) is 4.50. The first-order valence-electron chi connectivity index (χ1n) is 5.18. The van der Waals surface area contributed by atoms with Gasteiger partial charge in [-0.15, -0.1) is 0 Å². The second-order valence-electron chi connectivity index (χ2n) is 3.91. The van der Waals surface area contributed by atoms with Crippen LogP contribution in [0.3, 0.4) is 0 Å². The lowest BCUT2D eigenvalue weighted by atomic mass is 10.2. The average Bonchev–Trinajstić information content (AvgIpc) is 2.69. The third-order valence-corrected chi connectivity index (χ3v) is 2.92. The molecule has 8 heteroatoms. The van der Waals surface area contributed by atoms with Crippen molar-refractivity contribution in [2.24, 2.45) is 0 Å². The molecule has 2 aromatic rings. The van der Waals surface area contributed by atoms with Crippen molar-refractivity contribution in [2.75, 3.05) is 0 Å². The summed E-state index contributed by atoms with van der Waals surface area (Å²) < 4.78 is 39.2. The Bertz CT molecular complexity index is 680. The molecular weight excluding hydrogens is 318 g/mol. The first kappa shape index (κ1) is 14.7. The van der Waals surface area contributed by atoms with Gasteiger partial charge in [-0.1, -0.05) is 23.2 Å². The number of aromatic nitrogens is 1. The summed E-state index contributed by atoms with van der Waals surface area (Å²) in [5.41, 5.74) is -1.26. The van der Waals surface area contributed by atoms with Crippen LogP contribution >= 0.6 is 23.2 Å². The number of halogens is 5. The Hall–Kier alpha value is -1.66. The molecule has 0 fully saturated rings. The second kappa shape index (κ2) is 5.03. The summed E-state index contributed by atoms with van der Waals surface area (Å²) in [6.45, 7) is 0. The summed E-state index contributed by atoms with van der Waals surface area (Å²) in [4.78, 5) is 11.0. The monoisotopic (exact) mass is 323 g/mol. The number of alkyl halides is 3. The molecule has 1 aromatic heterocycles. The van der Waals surface area contributed by atoms with Crippen molar-refractivity contribution in [1.82, 2.24) is 4.57 Å². The summed E-state index contributed by atoms with van der Waals surface area (Å²) in [7, 11) is 0. The molecule has 0 bridgehead atoms. The van der Waals surface area contributed by atoms with E-state index < -0.39 is 17.7 Å². The Morgan fingerprint density at radius 2 is 1.75 bits per heavy atom. The molecule has 0 aliphatic heterocycles. The highest BCUT2D eigenvalue weighted by Gasteiger charge is 2.31. The third-order valence-electron chi connectivity index (χ3n) is 2.49. The minimum Gasteiger partial charge on any atom is -0.477 e. The summed E-state index contributed by atoms with van der Waals surface area (Å²) in [5, 5.41) is 8.94. The van der Waals surface area contributed by atoms with Crippen LogP contribution in [0.4, 0.5) is 13.2 Å². The quantitative estimate of drug-likeness (QED) is 0.884. The van der Waals surface area contributed by atoms with Crippen molar-refractivity contribution in [1.29, 1.82) is 0 Å². The van der Waals surface area contributed by atoms with Gasteiger partial charge in [-0.2, -0.15) is 13.2 Å². The van der Waals surface area contributed by atoms with E-state index in [0.29, 0.717) is 0 Å². The molecule has 0 radical (unpaired) electrons. The number of carbonyl (C=O) groups is 1. The lowest BCUT2D eigenvalue weighted by molar-refractivity contribution is -0.137. The number of rotatable bonds is 2. The Balaban J connectivity index is 2.64. The van der Waals surface area contributed by atoms with Crippen LogP contribution in [0.15, 0.2) is 30.5 Å². The van der Waals surface area contributed by atoms with Crippen molar-refractivity contribution in [2.45, 2.75) is 6.18 Å². The van der Waals surface area contributed by atoms with E-state index in [2.05, 4.69) is 0 Å². The first-order chi connectivity index (χ1) is 9.18. The zero-order chi connectivity index (χ0) is 15.1. The largest absolute Gasteiger partial charge is 0.477 e. The Labute approximate surface area is 121 Å². The van der Waals surface area contributed by atoms with Crippen molar-refractivity contribution >= 4 is 29.2 Å². The molecule has 1 aromatic carbocycles. The Morgan fingerprint density at radius 1 is 1.10 bits per heavy atom. The molecule has 20 heavy (non-hydrogen) atoms. The molecule has 3 nitrogen and oxygen atoms in total. The van der Waals surface area contributed by atoms with Crippen LogP contribution in [0.5, 0.6) is 0 Å². The second-order valence-corrected chi connectivity index (χ2v) is 4.79. The molecule has 0 atom stereocenters. The molecule has 0 saturated carbocycles. The first-order valence-corrected chi connectivity index (χ1v) is 5.93. The van der Waals surface area contributed by atoms with E-state index in [9.17, 15) is 18.0 Å². The van der Waals surface area contributed by atoms with E-state index in [1.807, 2.05) is 0 Å². The lowest BCUT2D eigenvalue weighted by Crippen LogP contribution is -2.09. The van der Waals surface area contributed by atoms with E-state index >= 15 is 0 Å². The number of benzene rings is 1. The van der Waals surface area contributed by atoms with Gasteiger partial charge in [-0.3, -0.25) is 0 Å². The van der Waals surface area contributed by atoms with Crippen LogP contribution in [0, 0.1) is 0 Å². The van der Waals surface area contributed by atoms with Gasteiger partial charge in [0.25, 0.3) is 0 Å². The van der Waals surface area contributed by atoms with Crippen molar-refractivity contribution in [3.8, 4) is 5.69 Å². The van der Waals surface area contributed by atoms with Crippen LogP contribution in [-0.4, -0.2) is 15.6 Å². The standard InChI is InChI=1S/C12H6Cl2F3NO2/c13-7-1-6(12(15,16)17)2-9(3-7)18-5-8(14)4-10(18)11(19)20/h1-5H,(H,19,20). The van der Waals surface area contributed by atoms with Gasteiger partial charge in [0.2, 0.25) is 0 Å². The van der Waals surface area contributed by atoms with Gasteiger partial charge in [-0.05, 0) is 24.3 Å². The molecule has 106 valence electrons. The molecule has 2 rings (SSSR count). The van der Waals surface area contributed by atoms with Gasteiger partial charge in [0.1, 0.15) is 5.69 Å². The van der Waals surface area contributed by atoms with E-state index in [1.54, 1.807) is 0 Å². The normalized spacial score (nSPS) is 11.7. The van der Waals surface area contributed by atoms with Gasteiger partial charge in [0, 0.05) is 16.9 Å². The van der Waals surface area contributed by atoms with Crippen LogP contribution < -0.4 is 0 Å². The molecule has 0 amide bonds. The number of hydrogen-bond acceptors (Lipinski definition) is 1. The van der Waals surface area contributed by atoms with Crippen molar-refractivity contribution in [3.63, 3.8) is 0 Å². The maximum Gasteiger partial charge on any atom is 0.416 e. The molecule has 0 spiro atoms. The van der Waals surface area contributed by atoms with Gasteiger partial charge in [0.05, 0.1) is 10.6 Å². The summed E-state index contributed by atoms with van der Waals surface area (Å²) in [6, 6.07) is 3.92. The SMILES string of the molecule is O=C(O)c1cc(Cl)cn1-c1cc(Cl)cc(C(F)(F)F)c1. The molecular formula is C12H6Cl2F3NO2. The van der Waals surface area contributed by atoms with Gasteiger partial charge < -0.3 is 9.67 Å². The molecule has 0 unspecified atom stereocenters. The minimum absolute atomic E-state index is 0.0332. The molecule has 1 N–H and O–H groups in total. The highest BCUT2D eigenvalue weighted by atomic mass is 35.5. The van der Waals surface area contributed by atoms with E-state index in [-0.39, 0.29) is 21.4 Å². The van der Waals surface area contributed by atoms with Gasteiger partial charge >= 0.3 is 12.1 Å². The summed E-state index contributed by atoms with van der Waals surface area (Å²) in [5.74, 6) is -1.31. The number of carboxylic acids is 1. The van der Waals surface area contributed by atoms with E-state index in [1.165, 1.54) is 12.3 Å². The zero-order valence-corrected chi connectivity index (χ0v) is 11.1. The number of carboxylic acid groups (broad SMARTS) is 1. The van der Waals surface area contributed by atoms with Crippen LogP contribution in [-0.2, 0) is 6.18 Å². The molecule has 1 heterocycles. The van der Waals surface area contributed by atoms with Crippen LogP contribution in [0.25, 0.3) is 5.69 Å². The Kier molecular flexibility index (Phi) is 3.71. The number of aromatic carboxylic acids is 1. The summed E-state index contributed by atoms with van der Waals surface area (Å²) >= 11 is 11.3. The highest BCUT2D eigenvalue weighted by molar-refractivity contribution is 6.31. The lowest BCUT2D eigenvalue weighted by Gasteiger charge is -2.12. The summed E-state index contributed by atoms with van der Waals surface area (Å²) in [6.07, 6.45) is -3.38. The fourth-order valence-corrected chi connectivity index (χ4v) is 2.12. The zero-order valence-electron chi connectivity index (χ0n) is 9.58. The fraction of sp³-hybridized carbons (Fsp3) is 0.0833. The molecule has 0 aliphatic rings. The fourth-order valence-electron chi connectivity index (χ4n) is 1.69. The van der Waals surface area contributed by atoms with Crippen LogP contribution in [0.1, 0.15) is 16.1 Å². The molecule has 0 saturated heterocycles. The average molecular weight is 324 g/mol. The van der Waals surface area contributed by atoms with Crippen molar-refractivity contribution in [3.05, 3.63) is 51.8 Å². The molecule has 0 aliphatic carbocycles. The number of nitrogens with zero attached hydrogens (tertiary/aromatic N) is 1. The highest BCUT2D eigenvalue weighted by Crippen LogP contribution is 2.33. The maximum atomic E-state index is 12.7. The van der Waals surface area contributed by atoms with E-state index in [4.69, 9.17) is 28.3 Å². The van der Waals surface area contributed by atoms with Gasteiger partial charge in [0.15, 0.2) is 0 Å². The predicted molar refractivity (Wildman–Crippen MR) is 67.8 cm³/mol. The van der Waals surface area contributed by atoms with Gasteiger partial charge in [-0.25, -0.2) is 4.79 Å². The minimum atomic E-state index is -4.58. The topological polar surface area (TPSA) is 42.2 Å². The Morgan fingerprint density at radius 3 is 2.30 bits per heavy atom.